The molecular formula is C20H26N2O2. The highest BCUT2D eigenvalue weighted by Crippen LogP contribution is 2.18. The lowest BCUT2D eigenvalue weighted by Crippen LogP contribution is -2.22. The molecule has 0 aliphatic carbocycles. The third kappa shape index (κ3) is 5.01. The van der Waals surface area contributed by atoms with Gasteiger partial charge in [0.05, 0.1) is 0 Å². The maximum Gasteiger partial charge on any atom is 0.262 e. The summed E-state index contributed by atoms with van der Waals surface area (Å²) in [6, 6.07) is 15.7. The van der Waals surface area contributed by atoms with Gasteiger partial charge in [0.2, 0.25) is 0 Å². The van der Waals surface area contributed by atoms with Crippen molar-refractivity contribution in [1.29, 1.82) is 0 Å². The molecule has 0 aliphatic heterocycles. The fraction of sp³-hybridized carbons (Fsp3) is 0.350. The number of aryl methyl sites for hydroxylation is 1. The maximum absolute atomic E-state index is 12.0. The first-order valence-corrected chi connectivity index (χ1v) is 8.52. The highest BCUT2D eigenvalue weighted by molar-refractivity contribution is 5.92. The topological polar surface area (TPSA) is 41.6 Å². The quantitative estimate of drug-likeness (QED) is 0.793. The van der Waals surface area contributed by atoms with E-state index >= 15 is 0 Å². The summed E-state index contributed by atoms with van der Waals surface area (Å²) in [5.41, 5.74) is 3.19. The summed E-state index contributed by atoms with van der Waals surface area (Å²) in [6.45, 7) is 8.30. The molecule has 2 rings (SSSR count). The van der Waals surface area contributed by atoms with Crippen LogP contribution in [0.25, 0.3) is 0 Å². The first-order valence-electron chi connectivity index (χ1n) is 8.52. The number of nitrogens with one attached hydrogen (secondary N) is 1. The minimum atomic E-state index is -0.162. The van der Waals surface area contributed by atoms with Crippen molar-refractivity contribution in [2.75, 3.05) is 29.9 Å². The summed E-state index contributed by atoms with van der Waals surface area (Å²) < 4.78 is 5.52. The van der Waals surface area contributed by atoms with Crippen molar-refractivity contribution < 1.29 is 9.53 Å². The van der Waals surface area contributed by atoms with E-state index in [2.05, 4.69) is 31.0 Å². The van der Waals surface area contributed by atoms with Crippen LogP contribution in [0.3, 0.4) is 0 Å². The summed E-state index contributed by atoms with van der Waals surface area (Å²) in [5, 5.41) is 2.85. The van der Waals surface area contributed by atoms with Gasteiger partial charge in [-0.3, -0.25) is 4.79 Å². The number of amides is 1. The minimum Gasteiger partial charge on any atom is -0.484 e. The average Bonchev–Trinajstić information content (AvgIpc) is 2.63. The zero-order valence-electron chi connectivity index (χ0n) is 14.7. The summed E-state index contributed by atoms with van der Waals surface area (Å²) in [6.07, 6.45) is 0.990. The SMILES string of the molecule is CCc1ccc(OCC(=O)Nc2ccc(N(CC)CC)cc2)cc1. The van der Waals surface area contributed by atoms with Gasteiger partial charge in [-0.2, -0.15) is 0 Å². The molecule has 1 amide bonds. The number of benzene rings is 2. The zero-order chi connectivity index (χ0) is 17.4. The van der Waals surface area contributed by atoms with Gasteiger partial charge in [0.15, 0.2) is 6.61 Å². The number of anilines is 2. The lowest BCUT2D eigenvalue weighted by Gasteiger charge is -2.21. The average molecular weight is 326 g/mol. The molecule has 0 saturated heterocycles. The van der Waals surface area contributed by atoms with Crippen LogP contribution in [-0.2, 0) is 11.2 Å². The Morgan fingerprint density at radius 2 is 1.58 bits per heavy atom. The van der Waals surface area contributed by atoms with Gasteiger partial charge in [0.25, 0.3) is 5.91 Å². The molecule has 2 aromatic rings. The Hall–Kier alpha value is -2.49. The lowest BCUT2D eigenvalue weighted by atomic mass is 10.2. The number of carbonyl (C=O) groups excluding carboxylic acids is 1. The molecule has 0 radical (unpaired) electrons. The molecule has 0 aromatic heterocycles. The molecule has 0 spiro atoms. The van der Waals surface area contributed by atoms with Gasteiger partial charge in [-0.25, -0.2) is 0 Å². The molecule has 0 atom stereocenters. The third-order valence-electron chi connectivity index (χ3n) is 3.98. The Morgan fingerprint density at radius 1 is 0.958 bits per heavy atom. The van der Waals surface area contributed by atoms with E-state index in [-0.39, 0.29) is 12.5 Å². The van der Waals surface area contributed by atoms with Crippen molar-refractivity contribution in [3.63, 3.8) is 0 Å². The van der Waals surface area contributed by atoms with E-state index in [0.717, 1.165) is 30.9 Å². The van der Waals surface area contributed by atoms with Crippen LogP contribution in [-0.4, -0.2) is 25.6 Å². The van der Waals surface area contributed by atoms with Gasteiger partial charge in [0, 0.05) is 24.5 Å². The number of rotatable bonds is 8. The molecule has 0 fully saturated rings. The first-order chi connectivity index (χ1) is 11.7. The highest BCUT2D eigenvalue weighted by Gasteiger charge is 2.05. The second-order valence-corrected chi connectivity index (χ2v) is 5.55. The molecule has 0 unspecified atom stereocenters. The van der Waals surface area contributed by atoms with Crippen molar-refractivity contribution in [3.05, 3.63) is 54.1 Å². The van der Waals surface area contributed by atoms with E-state index in [1.165, 1.54) is 5.56 Å². The normalized spacial score (nSPS) is 10.3. The largest absolute Gasteiger partial charge is 0.484 e. The Bertz CT molecular complexity index is 632. The molecule has 0 bridgehead atoms. The van der Waals surface area contributed by atoms with E-state index in [4.69, 9.17) is 4.74 Å². The van der Waals surface area contributed by atoms with E-state index < -0.39 is 0 Å². The first kappa shape index (κ1) is 17.9. The van der Waals surface area contributed by atoms with Gasteiger partial charge in [-0.15, -0.1) is 0 Å². The van der Waals surface area contributed by atoms with E-state index in [9.17, 15) is 4.79 Å². The summed E-state index contributed by atoms with van der Waals surface area (Å²) in [5.74, 6) is 0.546. The van der Waals surface area contributed by atoms with Crippen LogP contribution in [0.2, 0.25) is 0 Å². The molecule has 0 aliphatic rings. The second-order valence-electron chi connectivity index (χ2n) is 5.55. The van der Waals surface area contributed by atoms with Crippen molar-refractivity contribution >= 4 is 17.3 Å². The number of nitrogens with zero attached hydrogens (tertiary/aromatic N) is 1. The van der Waals surface area contributed by atoms with Crippen LogP contribution in [0.4, 0.5) is 11.4 Å². The van der Waals surface area contributed by atoms with Crippen molar-refractivity contribution in [3.8, 4) is 5.75 Å². The van der Waals surface area contributed by atoms with Crippen LogP contribution in [0.15, 0.2) is 48.5 Å². The second kappa shape index (κ2) is 8.96. The predicted molar refractivity (Wildman–Crippen MR) is 99.9 cm³/mol. The van der Waals surface area contributed by atoms with Gasteiger partial charge in [0.1, 0.15) is 5.75 Å². The number of ether oxygens (including phenoxy) is 1. The predicted octanol–water partition coefficient (Wildman–Crippen LogP) is 4.11. The van der Waals surface area contributed by atoms with Crippen molar-refractivity contribution in [1.82, 2.24) is 0 Å². The Balaban J connectivity index is 1.85. The van der Waals surface area contributed by atoms with Crippen molar-refractivity contribution in [2.45, 2.75) is 27.2 Å². The number of hydrogen-bond acceptors (Lipinski definition) is 3. The van der Waals surface area contributed by atoms with Gasteiger partial charge < -0.3 is 15.0 Å². The lowest BCUT2D eigenvalue weighted by molar-refractivity contribution is -0.118. The third-order valence-corrected chi connectivity index (χ3v) is 3.98. The van der Waals surface area contributed by atoms with Crippen molar-refractivity contribution in [2.24, 2.45) is 0 Å². The molecule has 24 heavy (non-hydrogen) atoms. The summed E-state index contributed by atoms with van der Waals surface area (Å²) >= 11 is 0. The molecule has 0 saturated carbocycles. The van der Waals surface area contributed by atoms with Crippen LogP contribution in [0.1, 0.15) is 26.3 Å². The van der Waals surface area contributed by atoms with Crippen LogP contribution >= 0.6 is 0 Å². The molecule has 128 valence electrons. The fourth-order valence-corrected chi connectivity index (χ4v) is 2.51. The van der Waals surface area contributed by atoms with Gasteiger partial charge in [-0.05, 0) is 62.2 Å². The fourth-order valence-electron chi connectivity index (χ4n) is 2.51. The monoisotopic (exact) mass is 326 g/mol. The Kier molecular flexibility index (Phi) is 6.67. The standard InChI is InChI=1S/C20H26N2O2/c1-4-16-7-13-19(14-8-16)24-15-20(23)21-17-9-11-18(12-10-17)22(5-2)6-3/h7-14H,4-6,15H2,1-3H3,(H,21,23). The van der Waals surface area contributed by atoms with E-state index in [1.54, 1.807) is 0 Å². The Morgan fingerprint density at radius 3 is 2.12 bits per heavy atom. The maximum atomic E-state index is 12.0. The van der Waals surface area contributed by atoms with Gasteiger partial charge in [-0.1, -0.05) is 19.1 Å². The number of hydrogen-bond donors (Lipinski definition) is 1. The molecule has 4 nitrogen and oxygen atoms in total. The molecule has 1 N–H and O–H groups in total. The molecular weight excluding hydrogens is 300 g/mol. The summed E-state index contributed by atoms with van der Waals surface area (Å²) in [4.78, 5) is 14.3. The Labute approximate surface area is 144 Å². The van der Waals surface area contributed by atoms with Gasteiger partial charge >= 0.3 is 0 Å². The van der Waals surface area contributed by atoms with Crippen LogP contribution in [0, 0.1) is 0 Å². The smallest absolute Gasteiger partial charge is 0.262 e. The van der Waals surface area contributed by atoms with E-state index in [1.807, 2.05) is 48.5 Å². The van der Waals surface area contributed by atoms with E-state index in [0.29, 0.717) is 5.75 Å². The summed E-state index contributed by atoms with van der Waals surface area (Å²) in [7, 11) is 0. The molecule has 2 aromatic carbocycles. The molecule has 4 heteroatoms. The minimum absolute atomic E-state index is 0.00324. The number of carbonyl (C=O) groups is 1. The highest BCUT2D eigenvalue weighted by atomic mass is 16.5. The molecule has 0 heterocycles. The van der Waals surface area contributed by atoms with Crippen LogP contribution in [0.5, 0.6) is 5.75 Å². The zero-order valence-corrected chi connectivity index (χ0v) is 14.7. The van der Waals surface area contributed by atoms with Crippen LogP contribution < -0.4 is 15.0 Å².